The molecule has 0 heterocycles. The van der Waals surface area contributed by atoms with Gasteiger partial charge in [0.15, 0.2) is 0 Å². The van der Waals surface area contributed by atoms with Crippen LogP contribution >= 0.6 is 0 Å². The Morgan fingerprint density at radius 2 is 1.89 bits per heavy atom. The molecule has 1 amide bonds. The molecule has 0 fully saturated rings. The fraction of sp³-hybridized carbons (Fsp3) is 0.333. The highest BCUT2D eigenvalue weighted by Crippen LogP contribution is 2.21. The highest BCUT2D eigenvalue weighted by Gasteiger charge is 2.45. The number of carbonyl (C=O) groups is 2. The van der Waals surface area contributed by atoms with Crippen molar-refractivity contribution in [1.82, 2.24) is 4.90 Å². The maximum absolute atomic E-state index is 11.4. The first-order valence-electron chi connectivity index (χ1n) is 5.31. The molecule has 0 unspecified atom stereocenters. The maximum Gasteiger partial charge on any atom is 0.406 e. The van der Waals surface area contributed by atoms with Gasteiger partial charge in [0.2, 0.25) is 0 Å². The molecule has 6 nitrogen and oxygen atoms in total. The average Bonchev–Trinajstić information content (AvgIpc) is 2.28. The second-order valence-electron chi connectivity index (χ2n) is 4.07. The van der Waals surface area contributed by atoms with Gasteiger partial charge in [-0.3, -0.25) is 4.90 Å². The molecule has 0 aromatic heterocycles. The lowest BCUT2D eigenvalue weighted by molar-refractivity contribution is -0.176. The molecule has 0 aliphatic carbocycles. The molecule has 1 aromatic carbocycles. The Morgan fingerprint density at radius 3 is 2.28 bits per heavy atom. The van der Waals surface area contributed by atoms with E-state index in [0.29, 0.717) is 0 Å². The fourth-order valence-electron chi connectivity index (χ4n) is 1.63. The zero-order chi connectivity index (χ0) is 13.8. The van der Waals surface area contributed by atoms with E-state index in [9.17, 15) is 14.7 Å². The van der Waals surface area contributed by atoms with Gasteiger partial charge in [0.05, 0.1) is 0 Å². The molecule has 18 heavy (non-hydrogen) atoms. The minimum Gasteiger partial charge on any atom is -0.477 e. The molecular weight excluding hydrogens is 236 g/mol. The minimum atomic E-state index is -1.80. The first-order chi connectivity index (χ1) is 8.38. The first kappa shape index (κ1) is 14.0. The maximum atomic E-state index is 11.4. The summed E-state index contributed by atoms with van der Waals surface area (Å²) in [6, 6.07) is 8.89. The molecule has 1 aromatic rings. The largest absolute Gasteiger partial charge is 0.477 e. The molecular formula is C12H16N2O4. The minimum absolute atomic E-state index is 0.0130. The van der Waals surface area contributed by atoms with Crippen LogP contribution in [0, 0.1) is 0 Å². The molecule has 0 saturated heterocycles. The Bertz CT molecular complexity index is 433. The number of nitrogens with zero attached hydrogens (tertiary/aromatic N) is 1. The number of aliphatic carboxylic acids is 1. The zero-order valence-corrected chi connectivity index (χ0v) is 10.3. The summed E-state index contributed by atoms with van der Waals surface area (Å²) in [6.07, 6.45) is -1.11. The van der Waals surface area contributed by atoms with Gasteiger partial charge in [-0.25, -0.2) is 9.59 Å². The Morgan fingerprint density at radius 1 is 1.33 bits per heavy atom. The molecule has 0 radical (unpaired) electrons. The summed E-state index contributed by atoms with van der Waals surface area (Å²) in [7, 11) is 3.03. The van der Waals surface area contributed by atoms with Crippen LogP contribution in [-0.2, 0) is 16.0 Å². The van der Waals surface area contributed by atoms with Crippen molar-refractivity contribution in [3.63, 3.8) is 0 Å². The Labute approximate surface area is 105 Å². The van der Waals surface area contributed by atoms with Crippen molar-refractivity contribution in [2.45, 2.75) is 12.1 Å². The Kier molecular flexibility index (Phi) is 4.28. The highest BCUT2D eigenvalue weighted by molar-refractivity contribution is 5.81. The number of likely N-dealkylation sites (N-methyl/N-ethyl adjacent to an activating group) is 1. The molecule has 6 heteroatoms. The lowest BCUT2D eigenvalue weighted by Gasteiger charge is -2.34. The van der Waals surface area contributed by atoms with Crippen LogP contribution in [0.5, 0.6) is 0 Å². The molecule has 0 bridgehead atoms. The smallest absolute Gasteiger partial charge is 0.406 e. The average molecular weight is 252 g/mol. The van der Waals surface area contributed by atoms with Crippen LogP contribution in [0.15, 0.2) is 30.3 Å². The van der Waals surface area contributed by atoms with Gasteiger partial charge in [-0.15, -0.1) is 0 Å². The second kappa shape index (κ2) is 5.50. The van der Waals surface area contributed by atoms with Crippen molar-refractivity contribution in [3.05, 3.63) is 35.9 Å². The SMILES string of the molecule is CN(C)[C@](Cc1ccccc1)(OC(N)=O)C(=O)O. The summed E-state index contributed by atoms with van der Waals surface area (Å²) in [5.74, 6) is -1.27. The third-order valence-electron chi connectivity index (χ3n) is 2.61. The number of carboxylic acids is 1. The summed E-state index contributed by atoms with van der Waals surface area (Å²) in [6.45, 7) is 0. The number of hydrogen-bond acceptors (Lipinski definition) is 4. The quantitative estimate of drug-likeness (QED) is 0.751. The van der Waals surface area contributed by atoms with Crippen molar-refractivity contribution in [2.75, 3.05) is 14.1 Å². The number of hydrogen-bond donors (Lipinski definition) is 2. The third kappa shape index (κ3) is 2.98. The summed E-state index contributed by atoms with van der Waals surface area (Å²) < 4.78 is 4.83. The second-order valence-corrected chi connectivity index (χ2v) is 4.07. The fourth-order valence-corrected chi connectivity index (χ4v) is 1.63. The summed E-state index contributed by atoms with van der Waals surface area (Å²) in [5.41, 5.74) is 3.89. The molecule has 1 atom stereocenters. The number of benzene rings is 1. The zero-order valence-electron chi connectivity index (χ0n) is 10.3. The molecule has 0 spiro atoms. The van der Waals surface area contributed by atoms with E-state index in [1.54, 1.807) is 24.3 Å². The van der Waals surface area contributed by atoms with Gasteiger partial charge in [0, 0.05) is 6.42 Å². The molecule has 3 N–H and O–H groups in total. The van der Waals surface area contributed by atoms with E-state index in [2.05, 4.69) is 0 Å². The van der Waals surface area contributed by atoms with E-state index in [0.717, 1.165) is 5.56 Å². The number of nitrogens with two attached hydrogens (primary N) is 1. The van der Waals surface area contributed by atoms with E-state index in [1.807, 2.05) is 6.07 Å². The van der Waals surface area contributed by atoms with Gasteiger partial charge in [-0.05, 0) is 19.7 Å². The molecule has 0 aliphatic rings. The normalized spacial score (nSPS) is 13.9. The van der Waals surface area contributed by atoms with Gasteiger partial charge in [-0.2, -0.15) is 0 Å². The van der Waals surface area contributed by atoms with Gasteiger partial charge in [-0.1, -0.05) is 30.3 Å². The van der Waals surface area contributed by atoms with E-state index in [4.69, 9.17) is 10.5 Å². The van der Waals surface area contributed by atoms with Crippen molar-refractivity contribution in [2.24, 2.45) is 5.73 Å². The van der Waals surface area contributed by atoms with Crippen LogP contribution in [0.25, 0.3) is 0 Å². The van der Waals surface area contributed by atoms with Crippen molar-refractivity contribution >= 4 is 12.1 Å². The highest BCUT2D eigenvalue weighted by atomic mass is 16.6. The summed E-state index contributed by atoms with van der Waals surface area (Å²) in [5, 5.41) is 9.33. The van der Waals surface area contributed by atoms with Crippen LogP contribution in [0.4, 0.5) is 4.79 Å². The van der Waals surface area contributed by atoms with Crippen LogP contribution in [0.2, 0.25) is 0 Å². The predicted molar refractivity (Wildman–Crippen MR) is 64.9 cm³/mol. The van der Waals surface area contributed by atoms with Gasteiger partial charge in [0.1, 0.15) is 0 Å². The lowest BCUT2D eigenvalue weighted by Crippen LogP contribution is -2.56. The van der Waals surface area contributed by atoms with Gasteiger partial charge in [0.25, 0.3) is 5.72 Å². The molecule has 0 aliphatic heterocycles. The topological polar surface area (TPSA) is 92.9 Å². The van der Waals surface area contributed by atoms with Crippen molar-refractivity contribution in [1.29, 1.82) is 0 Å². The molecule has 0 saturated carbocycles. The Balaban J connectivity index is 3.10. The van der Waals surface area contributed by atoms with E-state index in [-0.39, 0.29) is 6.42 Å². The van der Waals surface area contributed by atoms with E-state index >= 15 is 0 Å². The third-order valence-corrected chi connectivity index (χ3v) is 2.61. The van der Waals surface area contributed by atoms with Crippen LogP contribution in [0.1, 0.15) is 5.56 Å². The number of carboxylic acid groups (broad SMARTS) is 1. The van der Waals surface area contributed by atoms with Gasteiger partial charge < -0.3 is 15.6 Å². The van der Waals surface area contributed by atoms with Crippen LogP contribution < -0.4 is 5.73 Å². The summed E-state index contributed by atoms with van der Waals surface area (Å²) in [4.78, 5) is 23.7. The van der Waals surface area contributed by atoms with Crippen LogP contribution in [0.3, 0.4) is 0 Å². The first-order valence-corrected chi connectivity index (χ1v) is 5.31. The number of amides is 1. The standard InChI is InChI=1S/C12H16N2O4/c1-14(2)12(10(15)16,18-11(13)17)8-9-6-4-3-5-7-9/h3-7H,8H2,1-2H3,(H2,13,17)(H,15,16)/t12-/m1/s1. The van der Waals surface area contributed by atoms with Crippen molar-refractivity contribution < 1.29 is 19.4 Å². The van der Waals surface area contributed by atoms with Crippen molar-refractivity contribution in [3.8, 4) is 0 Å². The molecule has 1 rings (SSSR count). The predicted octanol–water partition coefficient (Wildman–Crippen LogP) is 0.667. The molecule has 98 valence electrons. The number of carbonyl (C=O) groups excluding carboxylic acids is 1. The Hall–Kier alpha value is -2.08. The number of ether oxygens (including phenoxy) is 1. The van der Waals surface area contributed by atoms with E-state index < -0.39 is 17.8 Å². The van der Waals surface area contributed by atoms with Gasteiger partial charge >= 0.3 is 12.1 Å². The van der Waals surface area contributed by atoms with E-state index in [1.165, 1.54) is 19.0 Å². The van der Waals surface area contributed by atoms with Crippen LogP contribution in [-0.4, -0.2) is 41.9 Å². The number of primary amides is 1. The summed E-state index contributed by atoms with van der Waals surface area (Å²) >= 11 is 0. The monoisotopic (exact) mass is 252 g/mol. The lowest BCUT2D eigenvalue weighted by atomic mass is 10.0. The number of rotatable bonds is 5.